The largest absolute Gasteiger partial charge is 0.480 e. The molecule has 0 aliphatic carbocycles. The van der Waals surface area contributed by atoms with Gasteiger partial charge in [-0.15, -0.1) is 10.2 Å². The zero-order chi connectivity index (χ0) is 25.6. The van der Waals surface area contributed by atoms with Gasteiger partial charge in [0.05, 0.1) is 23.4 Å². The number of hydrogen-bond acceptors (Lipinski definition) is 7. The molecule has 0 aliphatic heterocycles. The number of fused-ring (bicyclic) bond motifs is 1. The molecule has 0 saturated carbocycles. The van der Waals surface area contributed by atoms with Crippen LogP contribution < -0.4 is 9.46 Å². The van der Waals surface area contributed by atoms with Gasteiger partial charge in [0.15, 0.2) is 28.0 Å². The summed E-state index contributed by atoms with van der Waals surface area (Å²) in [4.78, 5) is 10.1. The second kappa shape index (κ2) is 8.80. The molecule has 2 N–H and O–H groups in total. The van der Waals surface area contributed by atoms with E-state index in [2.05, 4.69) is 25.1 Å². The first-order valence-corrected chi connectivity index (χ1v) is 11.8. The van der Waals surface area contributed by atoms with Crippen molar-refractivity contribution in [2.45, 2.75) is 4.90 Å². The molecule has 4 heterocycles. The van der Waals surface area contributed by atoms with Gasteiger partial charge in [-0.2, -0.15) is 0 Å². The van der Waals surface area contributed by atoms with Crippen LogP contribution in [-0.2, 0) is 10.0 Å². The van der Waals surface area contributed by atoms with Crippen LogP contribution in [0.5, 0.6) is 5.88 Å². The van der Waals surface area contributed by atoms with Gasteiger partial charge in [0.25, 0.3) is 10.0 Å². The summed E-state index contributed by atoms with van der Waals surface area (Å²) >= 11 is 5.85. The van der Waals surface area contributed by atoms with E-state index in [0.717, 1.165) is 30.5 Å². The molecule has 184 valence electrons. The summed E-state index contributed by atoms with van der Waals surface area (Å²) in [6.45, 7) is 0. The van der Waals surface area contributed by atoms with Gasteiger partial charge in [-0.3, -0.25) is 9.12 Å². The van der Waals surface area contributed by atoms with Gasteiger partial charge in [0, 0.05) is 30.4 Å². The van der Waals surface area contributed by atoms with Crippen molar-refractivity contribution in [3.8, 4) is 28.7 Å². The molecule has 1 aromatic carbocycles. The first-order valence-electron chi connectivity index (χ1n) is 9.95. The Morgan fingerprint density at radius 2 is 1.92 bits per heavy atom. The minimum Gasteiger partial charge on any atom is -0.480 e. The number of aromatic amines is 1. The van der Waals surface area contributed by atoms with Gasteiger partial charge in [-0.25, -0.2) is 31.6 Å². The van der Waals surface area contributed by atoms with Crippen molar-refractivity contribution in [1.82, 2.24) is 29.5 Å². The molecule has 0 saturated heterocycles. The minimum atomic E-state index is -4.49. The number of ether oxygens (including phenoxy) is 1. The fourth-order valence-corrected chi connectivity index (χ4v) is 4.93. The Labute approximate surface area is 205 Å². The van der Waals surface area contributed by atoms with Gasteiger partial charge in [0.2, 0.25) is 11.7 Å². The number of imidazole rings is 1. The molecule has 0 bridgehead atoms. The highest BCUT2D eigenvalue weighted by molar-refractivity contribution is 7.92. The molecular formula is C21H13ClF3N7O3S. The lowest BCUT2D eigenvalue weighted by Gasteiger charge is -2.14. The number of nitrogens with one attached hydrogen (secondary N) is 2. The van der Waals surface area contributed by atoms with Crippen LogP contribution in [0.2, 0.25) is 5.02 Å². The van der Waals surface area contributed by atoms with E-state index >= 15 is 8.78 Å². The van der Waals surface area contributed by atoms with Crippen LogP contribution in [0.4, 0.5) is 18.9 Å². The summed E-state index contributed by atoms with van der Waals surface area (Å²) in [6.07, 6.45) is 5.47. The minimum absolute atomic E-state index is 0.0194. The number of halogens is 4. The second-order valence-corrected chi connectivity index (χ2v) is 9.34. The lowest BCUT2D eigenvalue weighted by molar-refractivity contribution is 0.385. The van der Waals surface area contributed by atoms with Crippen molar-refractivity contribution in [2.75, 3.05) is 11.8 Å². The molecule has 4 aromatic heterocycles. The third kappa shape index (κ3) is 3.89. The summed E-state index contributed by atoms with van der Waals surface area (Å²) in [7, 11) is -3.31. The number of anilines is 1. The molecule has 5 aromatic rings. The maximum atomic E-state index is 15.5. The molecule has 0 amide bonds. The van der Waals surface area contributed by atoms with E-state index in [1.54, 1.807) is 0 Å². The topological polar surface area (TPSA) is 127 Å². The lowest BCUT2D eigenvalue weighted by atomic mass is 10.0. The van der Waals surface area contributed by atoms with Crippen LogP contribution in [0.25, 0.3) is 28.4 Å². The fourth-order valence-electron chi connectivity index (χ4n) is 3.50. The van der Waals surface area contributed by atoms with Crippen molar-refractivity contribution >= 4 is 33.0 Å². The highest BCUT2D eigenvalue weighted by Crippen LogP contribution is 2.35. The van der Waals surface area contributed by atoms with E-state index in [-0.39, 0.29) is 22.4 Å². The SMILES string of the molecule is COc1ncc(Cl)cc1S(=O)(=O)Nc1ccc(F)c(-c2ccn3c(-c4ncc[nH]4)nnc3c2F)c1F. The van der Waals surface area contributed by atoms with E-state index in [1.165, 1.54) is 30.1 Å². The van der Waals surface area contributed by atoms with Gasteiger partial charge in [-0.05, 0) is 24.3 Å². The Bertz CT molecular complexity index is 1730. The number of methoxy groups -OCH3 is 1. The number of sulfonamides is 1. The first kappa shape index (κ1) is 23.6. The van der Waals surface area contributed by atoms with E-state index in [9.17, 15) is 12.8 Å². The van der Waals surface area contributed by atoms with Crippen LogP contribution in [0.15, 0.2) is 53.9 Å². The van der Waals surface area contributed by atoms with Crippen LogP contribution in [0.1, 0.15) is 0 Å². The highest BCUT2D eigenvalue weighted by Gasteiger charge is 2.27. The van der Waals surface area contributed by atoms with Gasteiger partial charge in [-0.1, -0.05) is 11.6 Å². The average Bonchev–Trinajstić information content (AvgIpc) is 3.52. The third-order valence-corrected chi connectivity index (χ3v) is 6.67. The van der Waals surface area contributed by atoms with Gasteiger partial charge < -0.3 is 9.72 Å². The molecule has 0 fully saturated rings. The number of H-pyrrole nitrogens is 1. The summed E-state index contributed by atoms with van der Waals surface area (Å²) in [5, 5.41) is 7.61. The van der Waals surface area contributed by atoms with Crippen molar-refractivity contribution in [3.05, 3.63) is 71.5 Å². The third-order valence-electron chi connectivity index (χ3n) is 5.10. The Balaban J connectivity index is 1.60. The number of rotatable bonds is 6. The van der Waals surface area contributed by atoms with E-state index in [1.807, 2.05) is 4.72 Å². The number of aromatic nitrogens is 6. The van der Waals surface area contributed by atoms with Gasteiger partial charge >= 0.3 is 0 Å². The van der Waals surface area contributed by atoms with Crippen LogP contribution in [-0.4, -0.2) is 45.1 Å². The average molecular weight is 536 g/mol. The molecular weight excluding hydrogens is 523 g/mol. The predicted molar refractivity (Wildman–Crippen MR) is 122 cm³/mol. The molecule has 0 spiro atoms. The molecule has 10 nitrogen and oxygen atoms in total. The smallest absolute Gasteiger partial charge is 0.267 e. The van der Waals surface area contributed by atoms with Crippen LogP contribution in [0, 0.1) is 17.5 Å². The maximum Gasteiger partial charge on any atom is 0.267 e. The van der Waals surface area contributed by atoms with E-state index < -0.39 is 49.2 Å². The highest BCUT2D eigenvalue weighted by atomic mass is 35.5. The second-order valence-electron chi connectivity index (χ2n) is 7.25. The zero-order valence-corrected chi connectivity index (χ0v) is 19.6. The monoisotopic (exact) mass is 535 g/mol. The van der Waals surface area contributed by atoms with E-state index in [4.69, 9.17) is 16.3 Å². The molecule has 36 heavy (non-hydrogen) atoms. The Morgan fingerprint density at radius 1 is 1.11 bits per heavy atom. The standard InChI is InChI=1S/C21H13ClF3N7O3S/c1-35-21-14(8-10(22)9-28-21)36(33,34)31-13-3-2-12(23)15(17(13)25)11-4-7-32-19(16(11)24)29-30-20(32)18-26-5-6-27-18/h2-9,31H,1H3,(H,26,27). The number of benzene rings is 1. The molecule has 0 aliphatic rings. The van der Waals surface area contributed by atoms with Crippen molar-refractivity contribution < 1.29 is 26.3 Å². The number of pyridine rings is 2. The number of nitrogens with zero attached hydrogens (tertiary/aromatic N) is 5. The summed E-state index contributed by atoms with van der Waals surface area (Å²) in [5.74, 6) is -3.40. The quantitative estimate of drug-likeness (QED) is 0.335. The van der Waals surface area contributed by atoms with E-state index in [0.29, 0.717) is 5.82 Å². The lowest BCUT2D eigenvalue weighted by Crippen LogP contribution is -2.16. The fraction of sp³-hybridized carbons (Fsp3) is 0.0476. The zero-order valence-electron chi connectivity index (χ0n) is 18.0. The van der Waals surface area contributed by atoms with Crippen LogP contribution >= 0.6 is 11.6 Å². The number of hydrogen-bond donors (Lipinski definition) is 2. The predicted octanol–water partition coefficient (Wildman–Crippen LogP) is 4.06. The molecule has 0 unspecified atom stereocenters. The van der Waals surface area contributed by atoms with Crippen LogP contribution in [0.3, 0.4) is 0 Å². The van der Waals surface area contributed by atoms with Crippen molar-refractivity contribution in [3.63, 3.8) is 0 Å². The van der Waals surface area contributed by atoms with Gasteiger partial charge in [0.1, 0.15) is 5.82 Å². The Morgan fingerprint density at radius 3 is 2.64 bits per heavy atom. The summed E-state index contributed by atoms with van der Waals surface area (Å²) in [6, 6.07) is 3.82. The molecule has 15 heteroatoms. The Hall–Kier alpha value is -4.17. The van der Waals surface area contributed by atoms with Crippen molar-refractivity contribution in [2.24, 2.45) is 0 Å². The molecule has 0 atom stereocenters. The molecule has 0 radical (unpaired) electrons. The maximum absolute atomic E-state index is 15.5. The molecule has 5 rings (SSSR count). The first-order chi connectivity index (χ1) is 17.2. The van der Waals surface area contributed by atoms with Crippen molar-refractivity contribution in [1.29, 1.82) is 0 Å². The summed E-state index contributed by atoms with van der Waals surface area (Å²) < 4.78 is 79.6. The Kier molecular flexibility index (Phi) is 5.76. The normalized spacial score (nSPS) is 11.7. The summed E-state index contributed by atoms with van der Waals surface area (Å²) in [5.41, 5.74) is -2.28.